The lowest BCUT2D eigenvalue weighted by Gasteiger charge is -2.27. The van der Waals surface area contributed by atoms with Gasteiger partial charge in [-0.1, -0.05) is 38.1 Å². The molecule has 0 aromatic heterocycles. The fourth-order valence-electron chi connectivity index (χ4n) is 1.61. The van der Waals surface area contributed by atoms with E-state index in [2.05, 4.69) is 45.0 Å². The van der Waals surface area contributed by atoms with Crippen molar-refractivity contribution >= 4 is 0 Å². The molecule has 0 amide bonds. The molecule has 0 saturated carbocycles. The second-order valence-corrected chi connectivity index (χ2v) is 4.47. The molecular formula is C13H21N. The van der Waals surface area contributed by atoms with Crippen LogP contribution >= 0.6 is 0 Å². The first-order valence-corrected chi connectivity index (χ1v) is 5.36. The molecule has 1 unspecified atom stereocenters. The lowest BCUT2D eigenvalue weighted by Crippen LogP contribution is -2.29. The molecule has 0 bridgehead atoms. The van der Waals surface area contributed by atoms with Crippen LogP contribution in [0.1, 0.15) is 31.4 Å². The number of hydrogen-bond acceptors (Lipinski definition) is 1. The molecule has 0 aliphatic heterocycles. The van der Waals surface area contributed by atoms with E-state index in [0.29, 0.717) is 0 Å². The molecule has 1 heteroatoms. The van der Waals surface area contributed by atoms with Gasteiger partial charge in [0.2, 0.25) is 0 Å². The Balaban J connectivity index is 2.82. The van der Waals surface area contributed by atoms with Gasteiger partial charge in [0.25, 0.3) is 0 Å². The van der Waals surface area contributed by atoms with E-state index in [0.717, 1.165) is 19.4 Å². The first-order valence-electron chi connectivity index (χ1n) is 5.36. The number of nitrogens with two attached hydrogens (primary N) is 1. The maximum absolute atomic E-state index is 5.82. The third-order valence-corrected chi connectivity index (χ3v) is 3.22. The van der Waals surface area contributed by atoms with Crippen LogP contribution in [0.15, 0.2) is 24.3 Å². The Morgan fingerprint density at radius 2 is 1.93 bits per heavy atom. The van der Waals surface area contributed by atoms with Gasteiger partial charge in [-0.3, -0.25) is 0 Å². The third kappa shape index (κ3) is 2.58. The summed E-state index contributed by atoms with van der Waals surface area (Å²) in [5, 5.41) is 0. The maximum Gasteiger partial charge on any atom is -0.00201 e. The van der Waals surface area contributed by atoms with Crippen molar-refractivity contribution in [1.29, 1.82) is 0 Å². The predicted octanol–water partition coefficient (Wildman–Crippen LogP) is 2.91. The summed E-state index contributed by atoms with van der Waals surface area (Å²) in [5.74, 6) is 0. The molecule has 0 fully saturated rings. The van der Waals surface area contributed by atoms with Crippen LogP contribution in [0.4, 0.5) is 0 Å². The predicted molar refractivity (Wildman–Crippen MR) is 62.3 cm³/mol. The second kappa shape index (κ2) is 4.61. The summed E-state index contributed by atoms with van der Waals surface area (Å²) in [4.78, 5) is 0. The zero-order valence-electron chi connectivity index (χ0n) is 9.51. The van der Waals surface area contributed by atoms with Crippen LogP contribution in [-0.2, 0) is 6.42 Å². The molecular weight excluding hydrogens is 170 g/mol. The quantitative estimate of drug-likeness (QED) is 0.778. The van der Waals surface area contributed by atoms with Gasteiger partial charge in [0.05, 0.1) is 0 Å². The average molecular weight is 191 g/mol. The Morgan fingerprint density at radius 3 is 2.43 bits per heavy atom. The van der Waals surface area contributed by atoms with Crippen LogP contribution in [0.5, 0.6) is 0 Å². The first kappa shape index (κ1) is 11.3. The molecule has 0 heterocycles. The molecule has 1 rings (SSSR count). The highest BCUT2D eigenvalue weighted by molar-refractivity contribution is 5.26. The van der Waals surface area contributed by atoms with Crippen molar-refractivity contribution in [2.75, 3.05) is 6.54 Å². The highest BCUT2D eigenvalue weighted by Gasteiger charge is 2.20. The van der Waals surface area contributed by atoms with Crippen molar-refractivity contribution in [3.05, 3.63) is 35.4 Å². The van der Waals surface area contributed by atoms with Gasteiger partial charge in [-0.05, 0) is 42.9 Å². The van der Waals surface area contributed by atoms with E-state index >= 15 is 0 Å². The van der Waals surface area contributed by atoms with Gasteiger partial charge in [-0.2, -0.15) is 0 Å². The maximum atomic E-state index is 5.82. The average Bonchev–Trinajstić information content (AvgIpc) is 2.21. The number of rotatable bonds is 4. The molecule has 1 nitrogen and oxygen atoms in total. The van der Waals surface area contributed by atoms with Crippen molar-refractivity contribution in [3.63, 3.8) is 0 Å². The molecule has 0 saturated heterocycles. The summed E-state index contributed by atoms with van der Waals surface area (Å²) in [6.07, 6.45) is 2.23. The van der Waals surface area contributed by atoms with Gasteiger partial charge in [-0.15, -0.1) is 0 Å². The monoisotopic (exact) mass is 191 g/mol. The van der Waals surface area contributed by atoms with E-state index in [4.69, 9.17) is 5.73 Å². The first-order chi connectivity index (χ1) is 6.61. The fraction of sp³-hybridized carbons (Fsp3) is 0.538. The minimum absolute atomic E-state index is 0.256. The van der Waals surface area contributed by atoms with E-state index in [1.807, 2.05) is 0 Å². The largest absolute Gasteiger partial charge is 0.330 e. The lowest BCUT2D eigenvalue weighted by atomic mass is 9.80. The molecule has 0 aliphatic rings. The Labute approximate surface area is 87.3 Å². The summed E-state index contributed by atoms with van der Waals surface area (Å²) >= 11 is 0. The Bertz CT molecular complexity index is 287. The minimum Gasteiger partial charge on any atom is -0.330 e. The van der Waals surface area contributed by atoms with Crippen molar-refractivity contribution < 1.29 is 0 Å². The van der Waals surface area contributed by atoms with Crippen LogP contribution in [0.3, 0.4) is 0 Å². The number of benzene rings is 1. The number of hydrogen-bond donors (Lipinski definition) is 1. The van der Waals surface area contributed by atoms with E-state index in [-0.39, 0.29) is 5.41 Å². The molecule has 1 aromatic rings. The van der Waals surface area contributed by atoms with Crippen LogP contribution in [0, 0.1) is 12.3 Å². The summed E-state index contributed by atoms with van der Waals surface area (Å²) < 4.78 is 0. The second-order valence-electron chi connectivity index (χ2n) is 4.47. The summed E-state index contributed by atoms with van der Waals surface area (Å²) in [6, 6.07) is 8.57. The standard InChI is InChI=1S/C13H21N/c1-4-13(3,10-14)9-12-8-6-5-7-11(12)2/h5-8H,4,9-10,14H2,1-3H3. The van der Waals surface area contributed by atoms with E-state index < -0.39 is 0 Å². The van der Waals surface area contributed by atoms with E-state index in [1.165, 1.54) is 11.1 Å². The smallest absolute Gasteiger partial charge is 0.00201 e. The van der Waals surface area contributed by atoms with Gasteiger partial charge < -0.3 is 5.73 Å². The van der Waals surface area contributed by atoms with Crippen molar-refractivity contribution in [2.45, 2.75) is 33.6 Å². The zero-order chi connectivity index (χ0) is 10.6. The van der Waals surface area contributed by atoms with Crippen LogP contribution in [-0.4, -0.2) is 6.54 Å². The van der Waals surface area contributed by atoms with Gasteiger partial charge in [0.1, 0.15) is 0 Å². The van der Waals surface area contributed by atoms with E-state index in [9.17, 15) is 0 Å². The summed E-state index contributed by atoms with van der Waals surface area (Å²) in [6.45, 7) is 7.41. The van der Waals surface area contributed by atoms with Gasteiger partial charge >= 0.3 is 0 Å². The Kier molecular flexibility index (Phi) is 3.70. The molecule has 0 radical (unpaired) electrons. The molecule has 14 heavy (non-hydrogen) atoms. The highest BCUT2D eigenvalue weighted by Crippen LogP contribution is 2.26. The Hall–Kier alpha value is -0.820. The van der Waals surface area contributed by atoms with Gasteiger partial charge in [0.15, 0.2) is 0 Å². The third-order valence-electron chi connectivity index (χ3n) is 3.22. The lowest BCUT2D eigenvalue weighted by molar-refractivity contribution is 0.320. The van der Waals surface area contributed by atoms with Crippen LogP contribution < -0.4 is 5.73 Å². The van der Waals surface area contributed by atoms with Gasteiger partial charge in [0, 0.05) is 0 Å². The van der Waals surface area contributed by atoms with Crippen LogP contribution in [0.25, 0.3) is 0 Å². The minimum atomic E-state index is 0.256. The van der Waals surface area contributed by atoms with E-state index in [1.54, 1.807) is 0 Å². The molecule has 1 aromatic carbocycles. The van der Waals surface area contributed by atoms with Crippen LogP contribution in [0.2, 0.25) is 0 Å². The van der Waals surface area contributed by atoms with Crippen molar-refractivity contribution in [2.24, 2.45) is 11.1 Å². The molecule has 78 valence electrons. The zero-order valence-corrected chi connectivity index (χ0v) is 9.51. The highest BCUT2D eigenvalue weighted by atomic mass is 14.6. The summed E-state index contributed by atoms with van der Waals surface area (Å²) in [7, 11) is 0. The topological polar surface area (TPSA) is 26.0 Å². The normalized spacial score (nSPS) is 15.1. The summed E-state index contributed by atoms with van der Waals surface area (Å²) in [5.41, 5.74) is 8.88. The Morgan fingerprint density at radius 1 is 1.29 bits per heavy atom. The molecule has 0 spiro atoms. The molecule has 0 aliphatic carbocycles. The SMILES string of the molecule is CCC(C)(CN)Cc1ccccc1C. The number of aryl methyl sites for hydroxylation is 1. The van der Waals surface area contributed by atoms with Gasteiger partial charge in [-0.25, -0.2) is 0 Å². The molecule has 1 atom stereocenters. The fourth-order valence-corrected chi connectivity index (χ4v) is 1.61. The van der Waals surface area contributed by atoms with Crippen molar-refractivity contribution in [1.82, 2.24) is 0 Å². The molecule has 2 N–H and O–H groups in total. The van der Waals surface area contributed by atoms with Crippen molar-refractivity contribution in [3.8, 4) is 0 Å².